The lowest BCUT2D eigenvalue weighted by molar-refractivity contribution is -0.348. The Labute approximate surface area is 228 Å². The van der Waals surface area contributed by atoms with Crippen LogP contribution in [0, 0.1) is 0 Å². The molecule has 238 valence electrons. The van der Waals surface area contributed by atoms with Crippen molar-refractivity contribution in [2.75, 3.05) is 33.0 Å². The summed E-state index contributed by atoms with van der Waals surface area (Å²) in [4.78, 5) is 0. The second-order valence-electron chi connectivity index (χ2n) is 9.61. The van der Waals surface area contributed by atoms with Gasteiger partial charge >= 0.3 is 0 Å². The van der Waals surface area contributed by atoms with Crippen molar-refractivity contribution in [1.29, 1.82) is 0 Å². The predicted octanol–water partition coefficient (Wildman–Crippen LogP) is -9.34. The van der Waals surface area contributed by atoms with Crippen molar-refractivity contribution in [3.8, 4) is 0 Å². The Morgan fingerprint density at radius 3 is 1.38 bits per heavy atom. The molecule has 3 saturated heterocycles. The minimum Gasteiger partial charge on any atom is -0.394 e. The summed E-state index contributed by atoms with van der Waals surface area (Å²) in [6, 6.07) is -3.87. The van der Waals surface area contributed by atoms with Crippen molar-refractivity contribution in [3.05, 3.63) is 0 Å². The molecule has 3 rings (SSSR count). The molecule has 0 bridgehead atoms. The molecular weight excluding hydrogens is 550 g/mol. The summed E-state index contributed by atoms with van der Waals surface area (Å²) in [5, 5.41) is 104. The van der Waals surface area contributed by atoms with Crippen LogP contribution in [-0.4, -0.2) is 187 Å². The fourth-order valence-electron chi connectivity index (χ4n) is 4.24. The summed E-state index contributed by atoms with van der Waals surface area (Å²) in [5.41, 5.74) is 17.6. The molecule has 0 aromatic rings. The molecule has 3 fully saturated rings. The molecule has 3 aliphatic heterocycles. The maximum Gasteiger partial charge on any atom is 0.176 e. The van der Waals surface area contributed by atoms with Gasteiger partial charge in [-0.3, -0.25) is 0 Å². The number of nitrogens with two attached hydrogens (primary N) is 3. The van der Waals surface area contributed by atoms with E-state index in [1.807, 2.05) is 0 Å². The first-order chi connectivity index (χ1) is 18.9. The van der Waals surface area contributed by atoms with E-state index in [0.717, 1.165) is 0 Å². The molecule has 0 aliphatic carbocycles. The molecule has 0 radical (unpaired) electrons. The molecular formula is C21H43N3O16. The molecule has 19 nitrogen and oxygen atoms in total. The van der Waals surface area contributed by atoms with Crippen LogP contribution >= 0.6 is 0 Å². The van der Waals surface area contributed by atoms with E-state index in [1.165, 1.54) is 0 Å². The third-order valence-corrected chi connectivity index (χ3v) is 6.75. The second kappa shape index (κ2) is 16.2. The van der Waals surface area contributed by atoms with E-state index in [2.05, 4.69) is 0 Å². The number of ether oxygens (including phenoxy) is 5. The zero-order valence-electron chi connectivity index (χ0n) is 21.5. The normalized spacial score (nSPS) is 46.1. The highest BCUT2D eigenvalue weighted by atomic mass is 16.7. The first-order valence-corrected chi connectivity index (χ1v) is 12.5. The molecule has 15 atom stereocenters. The fraction of sp³-hybridized carbons (Fsp3) is 1.00. The van der Waals surface area contributed by atoms with Gasteiger partial charge < -0.3 is 97.1 Å². The van der Waals surface area contributed by atoms with E-state index in [-0.39, 0.29) is 13.2 Å². The van der Waals surface area contributed by atoms with E-state index in [4.69, 9.17) is 56.2 Å². The van der Waals surface area contributed by atoms with Crippen LogP contribution in [0.15, 0.2) is 0 Å². The van der Waals surface area contributed by atoms with Gasteiger partial charge in [0.15, 0.2) is 18.9 Å². The zero-order valence-corrected chi connectivity index (χ0v) is 21.5. The number of hydrogen-bond donors (Lipinski definition) is 14. The van der Waals surface area contributed by atoms with Gasteiger partial charge in [-0.2, -0.15) is 0 Å². The van der Waals surface area contributed by atoms with Gasteiger partial charge in [0, 0.05) is 0 Å². The minimum atomic E-state index is -1.56. The van der Waals surface area contributed by atoms with Gasteiger partial charge in [-0.1, -0.05) is 0 Å². The average Bonchev–Trinajstić information content (AvgIpc) is 2.96. The van der Waals surface area contributed by atoms with Crippen LogP contribution in [0.5, 0.6) is 0 Å². The van der Waals surface area contributed by atoms with E-state index >= 15 is 0 Å². The van der Waals surface area contributed by atoms with Crippen LogP contribution in [0.2, 0.25) is 0 Å². The van der Waals surface area contributed by atoms with Gasteiger partial charge in [0.25, 0.3) is 0 Å². The van der Waals surface area contributed by atoms with Crippen LogP contribution in [-0.2, 0) is 23.7 Å². The molecule has 6 unspecified atom stereocenters. The molecule has 0 saturated carbocycles. The largest absolute Gasteiger partial charge is 0.394 e. The summed E-state index contributed by atoms with van der Waals surface area (Å²) >= 11 is 0. The highest BCUT2D eigenvalue weighted by Gasteiger charge is 2.52. The third kappa shape index (κ3) is 8.20. The Bertz CT molecular complexity index is 721. The monoisotopic (exact) mass is 593 g/mol. The van der Waals surface area contributed by atoms with Crippen LogP contribution in [0.25, 0.3) is 0 Å². The highest BCUT2D eigenvalue weighted by Crippen LogP contribution is 2.31. The van der Waals surface area contributed by atoms with E-state index in [0.29, 0.717) is 0 Å². The van der Waals surface area contributed by atoms with Crippen LogP contribution in [0.3, 0.4) is 0 Å². The molecule has 0 amide bonds. The van der Waals surface area contributed by atoms with Crippen LogP contribution in [0.1, 0.15) is 0 Å². The third-order valence-electron chi connectivity index (χ3n) is 6.75. The number of aliphatic hydroxyl groups excluding tert-OH is 11. The van der Waals surface area contributed by atoms with Gasteiger partial charge in [-0.15, -0.1) is 0 Å². The van der Waals surface area contributed by atoms with Gasteiger partial charge in [-0.25, -0.2) is 0 Å². The number of hydrogen-bond acceptors (Lipinski definition) is 19. The summed E-state index contributed by atoms with van der Waals surface area (Å²) in [7, 11) is 0. The summed E-state index contributed by atoms with van der Waals surface area (Å²) in [6.07, 6.45) is -17.7. The average molecular weight is 594 g/mol. The van der Waals surface area contributed by atoms with Crippen LogP contribution in [0.4, 0.5) is 0 Å². The lowest BCUT2D eigenvalue weighted by Gasteiger charge is -2.48. The Morgan fingerprint density at radius 1 is 0.550 bits per heavy atom. The SMILES string of the molecule is NC1C(O)O[C@H](CO)C(O[C@@H]2O[C@H](CO)C(O[C@@H]3O[C@H](CO)[C@@H](O)[C@H](O)[C@H]3N)[C@H](O)C2N)C1O.OCC(O)CO. The molecule has 0 spiro atoms. The maximum atomic E-state index is 10.8. The Balaban J connectivity index is 0.000000840. The highest BCUT2D eigenvalue weighted by molar-refractivity contribution is 4.98. The smallest absolute Gasteiger partial charge is 0.176 e. The number of aliphatic hydroxyl groups is 11. The first-order valence-electron chi connectivity index (χ1n) is 12.5. The Hall–Kier alpha value is -0.760. The Kier molecular flexibility index (Phi) is 14.3. The van der Waals surface area contributed by atoms with Gasteiger partial charge in [-0.05, 0) is 0 Å². The van der Waals surface area contributed by atoms with Gasteiger partial charge in [0.2, 0.25) is 0 Å². The van der Waals surface area contributed by atoms with Gasteiger partial charge in [0.05, 0.1) is 51.2 Å². The number of rotatable bonds is 9. The zero-order chi connectivity index (χ0) is 30.3. The molecule has 0 aromatic heterocycles. The summed E-state index contributed by atoms with van der Waals surface area (Å²) in [5.74, 6) is 0. The van der Waals surface area contributed by atoms with E-state index < -0.39 is 118 Å². The summed E-state index contributed by atoms with van der Waals surface area (Å²) < 4.78 is 27.4. The lowest BCUT2D eigenvalue weighted by atomic mass is 9.94. The molecule has 3 heterocycles. The lowest BCUT2D eigenvalue weighted by Crippen LogP contribution is -2.69. The summed E-state index contributed by atoms with van der Waals surface area (Å²) in [6.45, 7) is -2.73. The second-order valence-corrected chi connectivity index (χ2v) is 9.61. The minimum absolute atomic E-state index is 0.365. The van der Waals surface area contributed by atoms with Crippen molar-refractivity contribution in [2.45, 2.75) is 98.0 Å². The van der Waals surface area contributed by atoms with Crippen molar-refractivity contribution < 1.29 is 79.9 Å². The van der Waals surface area contributed by atoms with Crippen molar-refractivity contribution in [1.82, 2.24) is 0 Å². The molecule has 40 heavy (non-hydrogen) atoms. The van der Waals surface area contributed by atoms with Crippen LogP contribution < -0.4 is 17.2 Å². The van der Waals surface area contributed by atoms with E-state index in [1.54, 1.807) is 0 Å². The van der Waals surface area contributed by atoms with Gasteiger partial charge in [0.1, 0.15) is 61.0 Å². The standard InChI is InChI=1S/C18H35N3O13.C3H8O3/c19-7-12(27)14(5(2-23)30-16(7)29)33-18-9(21)13(28)15(6(3-24)32-18)34-17-8(20)11(26)10(25)4(1-22)31-17;4-1-3(6)2-5/h4-18,22-29H,1-3,19-21H2;3-6H,1-2H2/t4-,5-,6-,7?,8-,9?,10-,11-,12?,13-,14?,15?,16?,17+,18+;/m1./s1. The molecule has 19 heteroatoms. The van der Waals surface area contributed by atoms with Crippen molar-refractivity contribution in [3.63, 3.8) is 0 Å². The molecule has 0 aromatic carbocycles. The first kappa shape index (κ1) is 35.4. The Morgan fingerprint density at radius 2 is 0.950 bits per heavy atom. The molecule has 17 N–H and O–H groups in total. The quantitative estimate of drug-likeness (QED) is 0.118. The van der Waals surface area contributed by atoms with Crippen molar-refractivity contribution >= 4 is 0 Å². The topological polar surface area (TPSA) is 347 Å². The maximum absolute atomic E-state index is 10.8. The predicted molar refractivity (Wildman–Crippen MR) is 127 cm³/mol. The fourth-order valence-corrected chi connectivity index (χ4v) is 4.24. The molecule has 3 aliphatic rings. The van der Waals surface area contributed by atoms with E-state index in [9.17, 15) is 40.9 Å². The van der Waals surface area contributed by atoms with Crippen molar-refractivity contribution in [2.24, 2.45) is 17.2 Å².